The third kappa shape index (κ3) is 4.90. The summed E-state index contributed by atoms with van der Waals surface area (Å²) in [6.45, 7) is 7.71. The van der Waals surface area contributed by atoms with E-state index in [4.69, 9.17) is 10.5 Å². The Morgan fingerprint density at radius 3 is 2.58 bits per heavy atom. The van der Waals surface area contributed by atoms with Crippen LogP contribution in [0.15, 0.2) is 36.7 Å². The molecule has 4 heterocycles. The molecule has 36 heavy (non-hydrogen) atoms. The molecule has 0 radical (unpaired) electrons. The predicted molar refractivity (Wildman–Crippen MR) is 137 cm³/mol. The van der Waals surface area contributed by atoms with Crippen molar-refractivity contribution < 1.29 is 13.5 Å². The van der Waals surface area contributed by atoms with E-state index in [9.17, 15) is 8.78 Å². The van der Waals surface area contributed by atoms with E-state index in [0.29, 0.717) is 36.1 Å². The SMILES string of the molecule is CC(C)N1CCOc2c(F)cc(-c3nc(Nc4ccc(N5CCC(CN)CC5)cn4)ncc3F)cc21. The van der Waals surface area contributed by atoms with Crippen molar-refractivity contribution in [3.8, 4) is 17.0 Å². The number of aromatic nitrogens is 3. The lowest BCUT2D eigenvalue weighted by molar-refractivity contribution is 0.287. The zero-order chi connectivity index (χ0) is 25.2. The van der Waals surface area contributed by atoms with Crippen LogP contribution < -0.4 is 25.6 Å². The van der Waals surface area contributed by atoms with Crippen molar-refractivity contribution in [1.82, 2.24) is 15.0 Å². The van der Waals surface area contributed by atoms with E-state index in [1.54, 1.807) is 12.3 Å². The molecule has 3 N–H and O–H groups in total. The molecule has 5 rings (SSSR count). The number of rotatable bonds is 6. The molecule has 0 saturated carbocycles. The van der Waals surface area contributed by atoms with Crippen LogP contribution in [0.2, 0.25) is 0 Å². The Morgan fingerprint density at radius 1 is 1.08 bits per heavy atom. The highest BCUT2D eigenvalue weighted by atomic mass is 19.1. The van der Waals surface area contributed by atoms with Crippen molar-refractivity contribution in [3.63, 3.8) is 0 Å². The number of anilines is 4. The van der Waals surface area contributed by atoms with Gasteiger partial charge in [-0.1, -0.05) is 0 Å². The monoisotopic (exact) mass is 495 g/mol. The van der Waals surface area contributed by atoms with Gasteiger partial charge in [0.2, 0.25) is 5.95 Å². The highest BCUT2D eigenvalue weighted by Gasteiger charge is 2.26. The van der Waals surface area contributed by atoms with Crippen LogP contribution in [0.5, 0.6) is 5.75 Å². The Morgan fingerprint density at radius 2 is 1.89 bits per heavy atom. The second-order valence-corrected chi connectivity index (χ2v) is 9.52. The van der Waals surface area contributed by atoms with Crippen molar-refractivity contribution in [2.24, 2.45) is 11.7 Å². The van der Waals surface area contributed by atoms with Gasteiger partial charge in [-0.25, -0.2) is 23.7 Å². The van der Waals surface area contributed by atoms with Gasteiger partial charge in [0.1, 0.15) is 18.1 Å². The Kier molecular flexibility index (Phi) is 6.86. The van der Waals surface area contributed by atoms with E-state index in [1.165, 1.54) is 6.07 Å². The fraction of sp³-hybridized carbons (Fsp3) is 0.423. The maximum Gasteiger partial charge on any atom is 0.229 e. The third-order valence-corrected chi connectivity index (χ3v) is 6.85. The first-order valence-corrected chi connectivity index (χ1v) is 12.4. The molecule has 2 aromatic heterocycles. The van der Waals surface area contributed by atoms with E-state index in [1.807, 2.05) is 30.9 Å². The molecule has 3 aromatic rings. The largest absolute Gasteiger partial charge is 0.486 e. The number of nitrogens with one attached hydrogen (secondary N) is 1. The number of halogens is 2. The molecule has 0 spiro atoms. The molecule has 10 heteroatoms. The molecule has 1 aromatic carbocycles. The van der Waals surface area contributed by atoms with Gasteiger partial charge < -0.3 is 25.6 Å². The first-order chi connectivity index (χ1) is 17.4. The van der Waals surface area contributed by atoms with Gasteiger partial charge in [-0.2, -0.15) is 0 Å². The number of hydrogen-bond donors (Lipinski definition) is 2. The topological polar surface area (TPSA) is 92.4 Å². The Hall–Kier alpha value is -3.53. The van der Waals surface area contributed by atoms with Crippen LogP contribution in [0.3, 0.4) is 0 Å². The van der Waals surface area contributed by atoms with Gasteiger partial charge in [-0.3, -0.25) is 0 Å². The van der Waals surface area contributed by atoms with Crippen molar-refractivity contribution in [2.45, 2.75) is 32.7 Å². The third-order valence-electron chi connectivity index (χ3n) is 6.85. The van der Waals surface area contributed by atoms with Crippen LogP contribution in [0.4, 0.5) is 31.9 Å². The van der Waals surface area contributed by atoms with Crippen LogP contribution in [0.25, 0.3) is 11.3 Å². The highest BCUT2D eigenvalue weighted by Crippen LogP contribution is 2.39. The zero-order valence-electron chi connectivity index (χ0n) is 20.5. The number of nitrogens with two attached hydrogens (primary N) is 1. The molecule has 0 atom stereocenters. The minimum absolute atomic E-state index is 0.00266. The van der Waals surface area contributed by atoms with Gasteiger partial charge in [-0.05, 0) is 63.4 Å². The van der Waals surface area contributed by atoms with E-state index < -0.39 is 11.6 Å². The second-order valence-electron chi connectivity index (χ2n) is 9.52. The summed E-state index contributed by atoms with van der Waals surface area (Å²) in [6, 6.07) is 6.93. The highest BCUT2D eigenvalue weighted by molar-refractivity contribution is 5.73. The molecule has 1 fully saturated rings. The molecular weight excluding hydrogens is 464 g/mol. The van der Waals surface area contributed by atoms with Crippen LogP contribution in [0.1, 0.15) is 26.7 Å². The van der Waals surface area contributed by atoms with Crippen molar-refractivity contribution in [1.29, 1.82) is 0 Å². The number of benzene rings is 1. The molecule has 2 aliphatic rings. The number of pyridine rings is 1. The summed E-state index contributed by atoms with van der Waals surface area (Å²) in [6.07, 6.45) is 5.03. The standard InChI is InChI=1S/C26H31F2N7O/c1-16(2)35-9-10-36-25-20(27)11-18(12-22(25)35)24-21(28)15-31-26(33-24)32-23-4-3-19(14-30-23)34-7-5-17(13-29)6-8-34/h3-4,11-12,14-17H,5-10,13,29H2,1-2H3,(H,30,31,32,33). The number of nitrogens with zero attached hydrogens (tertiary/aromatic N) is 5. The Labute approximate surface area is 209 Å². The molecule has 0 amide bonds. The summed E-state index contributed by atoms with van der Waals surface area (Å²) >= 11 is 0. The molecule has 190 valence electrons. The normalized spacial score (nSPS) is 16.2. The minimum atomic E-state index is -0.642. The van der Waals surface area contributed by atoms with E-state index in [0.717, 1.165) is 44.4 Å². The summed E-state index contributed by atoms with van der Waals surface area (Å²) in [5.74, 6) is 0.285. The Balaban J connectivity index is 1.36. The lowest BCUT2D eigenvalue weighted by atomic mass is 9.97. The van der Waals surface area contributed by atoms with Crippen LogP contribution >= 0.6 is 0 Å². The molecule has 8 nitrogen and oxygen atoms in total. The summed E-state index contributed by atoms with van der Waals surface area (Å²) in [5, 5.41) is 3.03. The fourth-order valence-electron chi connectivity index (χ4n) is 4.79. The lowest BCUT2D eigenvalue weighted by Crippen LogP contribution is -2.38. The number of piperidine rings is 1. The average molecular weight is 496 g/mol. The number of hydrogen-bond acceptors (Lipinski definition) is 8. The fourth-order valence-corrected chi connectivity index (χ4v) is 4.79. The van der Waals surface area contributed by atoms with Crippen LogP contribution in [-0.4, -0.2) is 53.8 Å². The molecular formula is C26H31F2N7O. The predicted octanol–water partition coefficient (Wildman–Crippen LogP) is 4.34. The first-order valence-electron chi connectivity index (χ1n) is 12.4. The van der Waals surface area contributed by atoms with Crippen molar-refractivity contribution in [2.75, 3.05) is 47.9 Å². The average Bonchev–Trinajstić information content (AvgIpc) is 2.90. The minimum Gasteiger partial charge on any atom is -0.486 e. The molecule has 0 bridgehead atoms. The van der Waals surface area contributed by atoms with E-state index in [2.05, 4.69) is 25.2 Å². The lowest BCUT2D eigenvalue weighted by Gasteiger charge is -2.34. The van der Waals surface area contributed by atoms with Gasteiger partial charge in [0.15, 0.2) is 17.4 Å². The number of ether oxygens (including phenoxy) is 1. The van der Waals surface area contributed by atoms with Crippen LogP contribution in [0, 0.1) is 17.6 Å². The molecule has 0 unspecified atom stereocenters. The summed E-state index contributed by atoms with van der Waals surface area (Å²) in [4.78, 5) is 17.2. The van der Waals surface area contributed by atoms with Gasteiger partial charge in [0, 0.05) is 24.7 Å². The summed E-state index contributed by atoms with van der Waals surface area (Å²) < 4.78 is 35.2. The van der Waals surface area contributed by atoms with E-state index in [-0.39, 0.29) is 23.4 Å². The quantitative estimate of drug-likeness (QED) is 0.522. The maximum atomic E-state index is 14.9. The number of fused-ring (bicyclic) bond motifs is 1. The second kappa shape index (κ2) is 10.2. The zero-order valence-corrected chi connectivity index (χ0v) is 20.5. The first kappa shape index (κ1) is 24.2. The maximum absolute atomic E-state index is 14.9. The van der Waals surface area contributed by atoms with Gasteiger partial charge >= 0.3 is 0 Å². The molecule has 2 aliphatic heterocycles. The van der Waals surface area contributed by atoms with Gasteiger partial charge in [0.25, 0.3) is 0 Å². The van der Waals surface area contributed by atoms with Gasteiger partial charge in [0.05, 0.1) is 30.3 Å². The van der Waals surface area contributed by atoms with Crippen molar-refractivity contribution in [3.05, 3.63) is 48.3 Å². The summed E-state index contributed by atoms with van der Waals surface area (Å²) in [5.41, 5.74) is 7.74. The van der Waals surface area contributed by atoms with Crippen molar-refractivity contribution >= 4 is 23.1 Å². The Bertz CT molecular complexity index is 1210. The molecule has 0 aliphatic carbocycles. The smallest absolute Gasteiger partial charge is 0.229 e. The van der Waals surface area contributed by atoms with E-state index >= 15 is 0 Å². The molecule has 1 saturated heterocycles. The summed E-state index contributed by atoms with van der Waals surface area (Å²) in [7, 11) is 0. The van der Waals surface area contributed by atoms with Crippen LogP contribution in [-0.2, 0) is 0 Å². The van der Waals surface area contributed by atoms with Gasteiger partial charge in [-0.15, -0.1) is 0 Å².